The van der Waals surface area contributed by atoms with Crippen molar-refractivity contribution in [1.82, 2.24) is 4.90 Å². The molecule has 0 aromatic heterocycles. The second-order valence-electron chi connectivity index (χ2n) is 4.84. The van der Waals surface area contributed by atoms with Crippen molar-refractivity contribution in [2.45, 2.75) is 25.3 Å². The van der Waals surface area contributed by atoms with Crippen LogP contribution in [0.4, 0.5) is 11.4 Å². The molecule has 3 N–H and O–H groups in total. The molecule has 1 amide bonds. The standard InChI is InChI=1S/C13H16N4O3S/c14-12(18)11-3-1-2-8-16(11)13(21)15-9-4-6-10(7-5-9)17(19)20/h4-7,11H,1-3,8H2,(H2,14,18)(H,15,21)/t11-/m1/s1. The van der Waals surface area contributed by atoms with Crippen molar-refractivity contribution in [3.8, 4) is 0 Å². The first-order valence-electron chi connectivity index (χ1n) is 6.60. The fourth-order valence-corrected chi connectivity index (χ4v) is 2.67. The predicted octanol–water partition coefficient (Wildman–Crippen LogP) is 1.63. The minimum absolute atomic E-state index is 0.0134. The number of amides is 1. The molecule has 0 saturated carbocycles. The number of carbonyl (C=O) groups is 1. The summed E-state index contributed by atoms with van der Waals surface area (Å²) in [6.07, 6.45) is 2.59. The fraction of sp³-hybridized carbons (Fsp3) is 0.385. The van der Waals surface area contributed by atoms with Gasteiger partial charge >= 0.3 is 0 Å². The maximum atomic E-state index is 11.5. The number of hydrogen-bond acceptors (Lipinski definition) is 4. The average molecular weight is 308 g/mol. The van der Waals surface area contributed by atoms with Crippen molar-refractivity contribution in [3.63, 3.8) is 0 Å². The Balaban J connectivity index is 2.05. The molecule has 1 heterocycles. The highest BCUT2D eigenvalue weighted by Crippen LogP contribution is 2.20. The summed E-state index contributed by atoms with van der Waals surface area (Å²) in [4.78, 5) is 23.4. The number of non-ortho nitro benzene ring substituents is 1. The normalized spacial score (nSPS) is 18.1. The van der Waals surface area contributed by atoms with Crippen LogP contribution in [0.5, 0.6) is 0 Å². The summed E-state index contributed by atoms with van der Waals surface area (Å²) < 4.78 is 0. The van der Waals surface area contributed by atoms with Crippen LogP contribution in [-0.2, 0) is 4.79 Å². The summed E-state index contributed by atoms with van der Waals surface area (Å²) in [5, 5.41) is 14.0. The van der Waals surface area contributed by atoms with Crippen LogP contribution < -0.4 is 11.1 Å². The van der Waals surface area contributed by atoms with Gasteiger partial charge in [-0.1, -0.05) is 0 Å². The van der Waals surface area contributed by atoms with E-state index < -0.39 is 11.0 Å². The summed E-state index contributed by atoms with van der Waals surface area (Å²) in [6.45, 7) is 0.673. The Morgan fingerprint density at radius 2 is 2.05 bits per heavy atom. The minimum Gasteiger partial charge on any atom is -0.368 e. The SMILES string of the molecule is NC(=O)[C@H]1CCCCN1C(=S)Nc1ccc([N+](=O)[O-])cc1. The van der Waals surface area contributed by atoms with Gasteiger partial charge in [-0.25, -0.2) is 0 Å². The van der Waals surface area contributed by atoms with Crippen molar-refractivity contribution >= 4 is 34.6 Å². The quantitative estimate of drug-likeness (QED) is 0.500. The van der Waals surface area contributed by atoms with Crippen LogP contribution >= 0.6 is 12.2 Å². The molecule has 0 aliphatic carbocycles. The molecule has 0 unspecified atom stereocenters. The molecule has 0 spiro atoms. The van der Waals surface area contributed by atoms with E-state index in [1.54, 1.807) is 17.0 Å². The fourth-order valence-electron chi connectivity index (χ4n) is 2.33. The number of likely N-dealkylation sites (tertiary alicyclic amines) is 1. The average Bonchev–Trinajstić information content (AvgIpc) is 2.47. The predicted molar refractivity (Wildman–Crippen MR) is 82.9 cm³/mol. The topological polar surface area (TPSA) is 102 Å². The molecule has 1 aliphatic rings. The van der Waals surface area contributed by atoms with Gasteiger partial charge in [0, 0.05) is 24.4 Å². The van der Waals surface area contributed by atoms with E-state index in [2.05, 4.69) is 5.32 Å². The molecule has 0 bridgehead atoms. The number of nitrogens with zero attached hydrogens (tertiary/aromatic N) is 2. The third-order valence-corrected chi connectivity index (χ3v) is 3.76. The molecule has 2 rings (SSSR count). The first-order chi connectivity index (χ1) is 9.99. The summed E-state index contributed by atoms with van der Waals surface area (Å²) in [7, 11) is 0. The number of hydrogen-bond donors (Lipinski definition) is 2. The Morgan fingerprint density at radius 1 is 1.38 bits per heavy atom. The van der Waals surface area contributed by atoms with Gasteiger partial charge in [-0.05, 0) is 43.6 Å². The maximum Gasteiger partial charge on any atom is 0.269 e. The molecule has 8 heteroatoms. The van der Waals surface area contributed by atoms with E-state index in [1.807, 2.05) is 0 Å². The van der Waals surface area contributed by atoms with E-state index in [9.17, 15) is 14.9 Å². The van der Waals surface area contributed by atoms with Gasteiger partial charge in [0.2, 0.25) is 5.91 Å². The van der Waals surface area contributed by atoms with Gasteiger partial charge in [-0.15, -0.1) is 0 Å². The van der Waals surface area contributed by atoms with Crippen molar-refractivity contribution in [2.75, 3.05) is 11.9 Å². The van der Waals surface area contributed by atoms with Gasteiger partial charge in [0.05, 0.1) is 4.92 Å². The molecule has 1 atom stereocenters. The molecular weight excluding hydrogens is 292 g/mol. The number of nitrogens with two attached hydrogens (primary N) is 1. The zero-order valence-electron chi connectivity index (χ0n) is 11.3. The lowest BCUT2D eigenvalue weighted by molar-refractivity contribution is -0.384. The Bertz CT molecular complexity index is 561. The summed E-state index contributed by atoms with van der Waals surface area (Å²) in [5.41, 5.74) is 6.05. The lowest BCUT2D eigenvalue weighted by Crippen LogP contribution is -2.51. The zero-order valence-corrected chi connectivity index (χ0v) is 12.1. The van der Waals surface area contributed by atoms with Gasteiger partial charge in [0.15, 0.2) is 5.11 Å². The lowest BCUT2D eigenvalue weighted by atomic mass is 10.0. The van der Waals surface area contributed by atoms with Crippen LogP contribution in [0.2, 0.25) is 0 Å². The molecular formula is C13H16N4O3S. The number of primary amides is 1. The van der Waals surface area contributed by atoms with E-state index in [4.69, 9.17) is 18.0 Å². The number of piperidine rings is 1. The van der Waals surface area contributed by atoms with Gasteiger partial charge in [0.1, 0.15) is 6.04 Å². The molecule has 1 fully saturated rings. The molecule has 1 aliphatic heterocycles. The highest BCUT2D eigenvalue weighted by Gasteiger charge is 2.28. The summed E-state index contributed by atoms with van der Waals surface area (Å²) in [5.74, 6) is -0.387. The molecule has 112 valence electrons. The van der Waals surface area contributed by atoms with Gasteiger partial charge in [0.25, 0.3) is 5.69 Å². The Morgan fingerprint density at radius 3 is 2.62 bits per heavy atom. The van der Waals surface area contributed by atoms with E-state index in [0.29, 0.717) is 23.8 Å². The van der Waals surface area contributed by atoms with Crippen LogP contribution in [0.25, 0.3) is 0 Å². The van der Waals surface area contributed by atoms with Crippen LogP contribution in [0.1, 0.15) is 19.3 Å². The van der Waals surface area contributed by atoms with Crippen LogP contribution in [0.3, 0.4) is 0 Å². The zero-order chi connectivity index (χ0) is 15.4. The van der Waals surface area contributed by atoms with E-state index in [-0.39, 0.29) is 11.6 Å². The van der Waals surface area contributed by atoms with Crippen LogP contribution in [-0.4, -0.2) is 33.4 Å². The Labute approximate surface area is 127 Å². The monoisotopic (exact) mass is 308 g/mol. The number of nitro groups is 1. The number of benzene rings is 1. The molecule has 0 radical (unpaired) electrons. The highest BCUT2D eigenvalue weighted by molar-refractivity contribution is 7.80. The Hall–Kier alpha value is -2.22. The smallest absolute Gasteiger partial charge is 0.269 e. The van der Waals surface area contributed by atoms with Gasteiger partial charge in [-0.2, -0.15) is 0 Å². The van der Waals surface area contributed by atoms with Crippen LogP contribution in [0, 0.1) is 10.1 Å². The molecule has 1 aromatic rings. The Kier molecular flexibility index (Phi) is 4.69. The van der Waals surface area contributed by atoms with Gasteiger partial charge in [-0.3, -0.25) is 14.9 Å². The summed E-state index contributed by atoms with van der Waals surface area (Å²) >= 11 is 5.31. The number of nitro benzene ring substituents is 1. The first kappa shape index (κ1) is 15.2. The maximum absolute atomic E-state index is 11.5. The van der Waals surface area contributed by atoms with E-state index >= 15 is 0 Å². The minimum atomic E-state index is -0.462. The van der Waals surface area contributed by atoms with E-state index in [1.165, 1.54) is 12.1 Å². The number of rotatable bonds is 3. The highest BCUT2D eigenvalue weighted by atomic mass is 32.1. The first-order valence-corrected chi connectivity index (χ1v) is 7.01. The van der Waals surface area contributed by atoms with Crippen molar-refractivity contribution < 1.29 is 9.72 Å². The third-order valence-electron chi connectivity index (χ3n) is 3.42. The van der Waals surface area contributed by atoms with Crippen molar-refractivity contribution in [1.29, 1.82) is 0 Å². The summed E-state index contributed by atoms with van der Waals surface area (Å²) in [6, 6.07) is 5.55. The second kappa shape index (κ2) is 6.49. The molecule has 21 heavy (non-hydrogen) atoms. The van der Waals surface area contributed by atoms with E-state index in [0.717, 1.165) is 12.8 Å². The van der Waals surface area contributed by atoms with Crippen LogP contribution in [0.15, 0.2) is 24.3 Å². The second-order valence-corrected chi connectivity index (χ2v) is 5.23. The van der Waals surface area contributed by atoms with Crippen molar-refractivity contribution in [3.05, 3.63) is 34.4 Å². The number of anilines is 1. The van der Waals surface area contributed by atoms with Gasteiger partial charge < -0.3 is 16.0 Å². The third kappa shape index (κ3) is 3.66. The number of thiocarbonyl (C=S) groups is 1. The number of carbonyl (C=O) groups excluding carboxylic acids is 1. The molecule has 1 saturated heterocycles. The largest absolute Gasteiger partial charge is 0.368 e. The number of nitrogens with one attached hydrogen (secondary N) is 1. The molecule has 7 nitrogen and oxygen atoms in total. The molecule has 1 aromatic carbocycles. The van der Waals surface area contributed by atoms with Crippen molar-refractivity contribution in [2.24, 2.45) is 5.73 Å². The lowest BCUT2D eigenvalue weighted by Gasteiger charge is -2.35.